The molecule has 4 rings (SSSR count). The molecule has 0 aliphatic carbocycles. The Hall–Kier alpha value is -2.93. The second kappa shape index (κ2) is 8.44. The molecule has 0 spiro atoms. The number of hydrogen-bond acceptors (Lipinski definition) is 7. The molecular weight excluding hydrogens is 326 g/mol. The molecule has 4 N–H and O–H groups in total. The van der Waals surface area contributed by atoms with E-state index in [2.05, 4.69) is 30.5 Å². The molecule has 1 fully saturated rings. The molecule has 26 heavy (non-hydrogen) atoms. The number of aromatic nitrogens is 3. The summed E-state index contributed by atoms with van der Waals surface area (Å²) in [5, 5.41) is 7.37. The van der Waals surface area contributed by atoms with Crippen molar-refractivity contribution in [3.05, 3.63) is 42.6 Å². The molecule has 2 aromatic heterocycles. The van der Waals surface area contributed by atoms with Gasteiger partial charge in [0.15, 0.2) is 0 Å². The lowest BCUT2D eigenvalue weighted by Gasteiger charge is -2.29. The fourth-order valence-electron chi connectivity index (χ4n) is 2.88. The first-order valence-corrected chi connectivity index (χ1v) is 9.00. The largest absolute Gasteiger partial charge is 0.383 e. The maximum atomic E-state index is 6.03. The number of nitrogens with zero attached hydrogens (tertiary/aromatic N) is 4. The fourth-order valence-corrected chi connectivity index (χ4v) is 2.88. The van der Waals surface area contributed by atoms with Crippen LogP contribution >= 0.6 is 0 Å². The van der Waals surface area contributed by atoms with E-state index in [0.29, 0.717) is 17.6 Å². The highest BCUT2D eigenvalue weighted by Crippen LogP contribution is 2.23. The van der Waals surface area contributed by atoms with Gasteiger partial charge in [-0.1, -0.05) is 26.0 Å². The second-order valence-electron chi connectivity index (χ2n) is 5.71. The molecule has 1 aromatic carbocycles. The van der Waals surface area contributed by atoms with E-state index < -0.39 is 0 Å². The van der Waals surface area contributed by atoms with Crippen LogP contribution in [0.3, 0.4) is 0 Å². The van der Waals surface area contributed by atoms with Crippen molar-refractivity contribution in [2.75, 3.05) is 42.1 Å². The van der Waals surface area contributed by atoms with E-state index in [1.807, 2.05) is 50.2 Å². The molecule has 1 aliphatic heterocycles. The Morgan fingerprint density at radius 2 is 1.85 bits per heavy atom. The Morgan fingerprint density at radius 3 is 2.65 bits per heavy atom. The molecule has 3 heterocycles. The highest BCUT2D eigenvalue weighted by atomic mass is 15.2. The molecule has 1 aliphatic rings. The van der Waals surface area contributed by atoms with E-state index in [4.69, 9.17) is 5.73 Å². The van der Waals surface area contributed by atoms with Gasteiger partial charge in [0.05, 0.1) is 5.52 Å². The predicted molar refractivity (Wildman–Crippen MR) is 108 cm³/mol. The third-order valence-electron chi connectivity index (χ3n) is 4.10. The number of pyridine rings is 1. The standard InChI is InChI=1S/C17H19N7.C2H6/c18-16-13-3-1-2-4-14(13)21-17(23-16)22-15-11-12(5-6-20-15)24-9-7-19-8-10-24;1-2/h1-6,11,19H,7-10H2,(H3,18,20,21,22,23);1-2H3. The third kappa shape index (κ3) is 4.00. The topological polar surface area (TPSA) is 92.0 Å². The molecule has 7 nitrogen and oxygen atoms in total. The van der Waals surface area contributed by atoms with Gasteiger partial charge in [-0.3, -0.25) is 0 Å². The second-order valence-corrected chi connectivity index (χ2v) is 5.71. The van der Waals surface area contributed by atoms with Crippen LogP contribution in [0.4, 0.5) is 23.3 Å². The van der Waals surface area contributed by atoms with Crippen LogP contribution in [0.5, 0.6) is 0 Å². The maximum absolute atomic E-state index is 6.03. The SMILES string of the molecule is CC.Nc1nc(Nc2cc(N3CCNCC3)ccn2)nc2ccccc12. The number of benzene rings is 1. The summed E-state index contributed by atoms with van der Waals surface area (Å²) >= 11 is 0. The van der Waals surface area contributed by atoms with E-state index in [-0.39, 0.29) is 0 Å². The zero-order valence-electron chi connectivity index (χ0n) is 15.2. The quantitative estimate of drug-likeness (QED) is 0.668. The third-order valence-corrected chi connectivity index (χ3v) is 4.10. The summed E-state index contributed by atoms with van der Waals surface area (Å²) in [6.07, 6.45) is 1.80. The number of piperazine rings is 1. The first-order chi connectivity index (χ1) is 12.8. The Kier molecular flexibility index (Phi) is 5.80. The monoisotopic (exact) mass is 351 g/mol. The van der Waals surface area contributed by atoms with Crippen molar-refractivity contribution in [1.29, 1.82) is 0 Å². The number of para-hydroxylation sites is 1. The summed E-state index contributed by atoms with van der Waals surface area (Å²) < 4.78 is 0. The highest BCUT2D eigenvalue weighted by molar-refractivity contribution is 5.89. The van der Waals surface area contributed by atoms with Crippen molar-refractivity contribution < 1.29 is 0 Å². The van der Waals surface area contributed by atoms with Crippen LogP contribution in [0.2, 0.25) is 0 Å². The summed E-state index contributed by atoms with van der Waals surface area (Å²) in [7, 11) is 0. The maximum Gasteiger partial charge on any atom is 0.230 e. The van der Waals surface area contributed by atoms with Crippen molar-refractivity contribution in [2.24, 2.45) is 0 Å². The van der Waals surface area contributed by atoms with Gasteiger partial charge < -0.3 is 21.3 Å². The van der Waals surface area contributed by atoms with E-state index in [9.17, 15) is 0 Å². The van der Waals surface area contributed by atoms with Crippen LogP contribution in [-0.4, -0.2) is 41.1 Å². The zero-order valence-corrected chi connectivity index (χ0v) is 15.2. The Bertz CT molecular complexity index is 859. The van der Waals surface area contributed by atoms with Gasteiger partial charge in [-0.05, 0) is 18.2 Å². The zero-order chi connectivity index (χ0) is 18.4. The van der Waals surface area contributed by atoms with E-state index in [1.54, 1.807) is 6.20 Å². The van der Waals surface area contributed by atoms with Crippen molar-refractivity contribution in [2.45, 2.75) is 13.8 Å². The van der Waals surface area contributed by atoms with Crippen LogP contribution in [0.1, 0.15) is 13.8 Å². The lowest BCUT2D eigenvalue weighted by atomic mass is 10.2. The molecule has 0 bridgehead atoms. The average molecular weight is 351 g/mol. The molecule has 0 atom stereocenters. The van der Waals surface area contributed by atoms with Crippen molar-refractivity contribution in [3.63, 3.8) is 0 Å². The van der Waals surface area contributed by atoms with Crippen LogP contribution in [0.15, 0.2) is 42.6 Å². The summed E-state index contributed by atoms with van der Waals surface area (Å²) in [6.45, 7) is 7.97. The van der Waals surface area contributed by atoms with Crippen LogP contribution in [0, 0.1) is 0 Å². The van der Waals surface area contributed by atoms with Gasteiger partial charge in [-0.25, -0.2) is 9.97 Å². The van der Waals surface area contributed by atoms with Gasteiger partial charge >= 0.3 is 0 Å². The fraction of sp³-hybridized carbons (Fsp3) is 0.316. The predicted octanol–water partition coefficient (Wildman–Crippen LogP) is 2.79. The van der Waals surface area contributed by atoms with Crippen molar-refractivity contribution >= 4 is 34.2 Å². The molecule has 0 saturated carbocycles. The minimum absolute atomic E-state index is 0.455. The van der Waals surface area contributed by atoms with Gasteiger partial charge in [0.25, 0.3) is 0 Å². The van der Waals surface area contributed by atoms with E-state index >= 15 is 0 Å². The van der Waals surface area contributed by atoms with Gasteiger partial charge in [0, 0.05) is 49.5 Å². The molecular formula is C19H25N7. The average Bonchev–Trinajstić information content (AvgIpc) is 2.70. The van der Waals surface area contributed by atoms with Gasteiger partial charge in [0.1, 0.15) is 11.6 Å². The van der Waals surface area contributed by atoms with Crippen LogP contribution in [0.25, 0.3) is 10.9 Å². The minimum atomic E-state index is 0.455. The number of nitrogens with two attached hydrogens (primary N) is 1. The Balaban J connectivity index is 0.000000948. The number of nitrogen functional groups attached to an aromatic ring is 1. The van der Waals surface area contributed by atoms with Crippen molar-refractivity contribution in [3.8, 4) is 0 Å². The van der Waals surface area contributed by atoms with Gasteiger partial charge in [0.2, 0.25) is 5.95 Å². The molecule has 3 aromatic rings. The Morgan fingerprint density at radius 1 is 1.08 bits per heavy atom. The molecule has 0 radical (unpaired) electrons. The molecule has 0 amide bonds. The minimum Gasteiger partial charge on any atom is -0.383 e. The summed E-state index contributed by atoms with van der Waals surface area (Å²) in [4.78, 5) is 15.5. The first-order valence-electron chi connectivity index (χ1n) is 9.00. The number of anilines is 4. The number of fused-ring (bicyclic) bond motifs is 1. The summed E-state index contributed by atoms with van der Waals surface area (Å²) in [5.41, 5.74) is 7.98. The number of hydrogen-bond donors (Lipinski definition) is 3. The molecule has 1 saturated heterocycles. The highest BCUT2D eigenvalue weighted by Gasteiger charge is 2.12. The molecule has 7 heteroatoms. The first kappa shape index (κ1) is 17.9. The number of nitrogens with one attached hydrogen (secondary N) is 2. The lowest BCUT2D eigenvalue weighted by molar-refractivity contribution is 0.589. The van der Waals surface area contributed by atoms with Crippen molar-refractivity contribution in [1.82, 2.24) is 20.3 Å². The number of rotatable bonds is 3. The van der Waals surface area contributed by atoms with Crippen LogP contribution in [-0.2, 0) is 0 Å². The van der Waals surface area contributed by atoms with Gasteiger partial charge in [-0.2, -0.15) is 4.98 Å². The summed E-state index contributed by atoms with van der Waals surface area (Å²) in [6, 6.07) is 11.7. The van der Waals surface area contributed by atoms with Crippen LogP contribution < -0.4 is 21.3 Å². The smallest absolute Gasteiger partial charge is 0.230 e. The van der Waals surface area contributed by atoms with Gasteiger partial charge in [-0.15, -0.1) is 0 Å². The normalized spacial score (nSPS) is 13.8. The molecule has 136 valence electrons. The van der Waals surface area contributed by atoms with E-state index in [1.165, 1.54) is 0 Å². The molecule has 0 unspecified atom stereocenters. The van der Waals surface area contributed by atoms with E-state index in [0.717, 1.165) is 42.8 Å². The lowest BCUT2D eigenvalue weighted by Crippen LogP contribution is -2.43. The Labute approximate surface area is 153 Å². The summed E-state index contributed by atoms with van der Waals surface area (Å²) in [5.74, 6) is 1.62.